The molecule has 3 heteroatoms. The van der Waals surface area contributed by atoms with Gasteiger partial charge in [-0.3, -0.25) is 0 Å². The van der Waals surface area contributed by atoms with E-state index in [0.29, 0.717) is 36.7 Å². The smallest absolute Gasteiger partial charge is 0.115 e. The standard InChI is InChI=1S/C26H30O3/c1-25-10-8-22-21-7-5-20(27)13-16(21)3-6-23(22)24(25)9-11-26(25,28)19-4-2-17-14-29-15-18(17)12-19/h2,4-5,7,12-13,22-24,27-28H,3,6,8-11,14-15H2,1H3/t22-,23-,24+,25+,26-/m1/s1. The number of hydrogen-bond donors (Lipinski definition) is 2. The maximum atomic E-state index is 12.1. The zero-order valence-corrected chi connectivity index (χ0v) is 17.2. The second-order valence-corrected chi connectivity index (χ2v) is 10.1. The van der Waals surface area contributed by atoms with Gasteiger partial charge >= 0.3 is 0 Å². The van der Waals surface area contributed by atoms with Crippen LogP contribution in [0.1, 0.15) is 72.8 Å². The van der Waals surface area contributed by atoms with Crippen LogP contribution in [0, 0.1) is 17.3 Å². The van der Waals surface area contributed by atoms with Gasteiger partial charge in [0.15, 0.2) is 0 Å². The van der Waals surface area contributed by atoms with Crippen LogP contribution in [0.15, 0.2) is 36.4 Å². The predicted molar refractivity (Wildman–Crippen MR) is 112 cm³/mol. The minimum Gasteiger partial charge on any atom is -0.508 e. The lowest BCUT2D eigenvalue weighted by molar-refractivity contribution is -0.108. The molecular weight excluding hydrogens is 360 g/mol. The highest BCUT2D eigenvalue weighted by molar-refractivity contribution is 5.42. The molecule has 29 heavy (non-hydrogen) atoms. The molecule has 0 unspecified atom stereocenters. The Morgan fingerprint density at radius 1 is 0.931 bits per heavy atom. The number of aryl methyl sites for hydroxylation is 1. The van der Waals surface area contributed by atoms with Gasteiger partial charge in [-0.2, -0.15) is 0 Å². The summed E-state index contributed by atoms with van der Waals surface area (Å²) in [5, 5.41) is 22.0. The van der Waals surface area contributed by atoms with Crippen molar-refractivity contribution in [1.29, 1.82) is 0 Å². The first-order valence-electron chi connectivity index (χ1n) is 11.2. The molecule has 6 rings (SSSR count). The van der Waals surface area contributed by atoms with E-state index in [0.717, 1.165) is 37.7 Å². The average Bonchev–Trinajstić information content (AvgIpc) is 3.30. The minimum atomic E-state index is -0.741. The van der Waals surface area contributed by atoms with Gasteiger partial charge in [-0.15, -0.1) is 0 Å². The largest absolute Gasteiger partial charge is 0.508 e. The third-order valence-corrected chi connectivity index (χ3v) is 9.06. The first-order chi connectivity index (χ1) is 14.0. The molecule has 0 aromatic heterocycles. The van der Waals surface area contributed by atoms with Crippen molar-refractivity contribution < 1.29 is 14.9 Å². The van der Waals surface area contributed by atoms with Gasteiger partial charge < -0.3 is 14.9 Å². The zero-order valence-electron chi connectivity index (χ0n) is 17.2. The molecule has 2 aromatic carbocycles. The van der Waals surface area contributed by atoms with Crippen molar-refractivity contribution in [3.63, 3.8) is 0 Å². The highest BCUT2D eigenvalue weighted by Crippen LogP contribution is 2.67. The summed E-state index contributed by atoms with van der Waals surface area (Å²) in [5.74, 6) is 2.15. The van der Waals surface area contributed by atoms with Gasteiger partial charge in [0.2, 0.25) is 0 Å². The highest BCUT2D eigenvalue weighted by atomic mass is 16.5. The van der Waals surface area contributed by atoms with E-state index in [1.165, 1.54) is 28.7 Å². The Balaban J connectivity index is 1.37. The van der Waals surface area contributed by atoms with Crippen LogP contribution in [0.5, 0.6) is 5.75 Å². The maximum absolute atomic E-state index is 12.1. The molecule has 0 bridgehead atoms. The molecule has 2 aromatic rings. The Morgan fingerprint density at radius 3 is 2.69 bits per heavy atom. The van der Waals surface area contributed by atoms with E-state index in [9.17, 15) is 10.2 Å². The molecular formula is C26H30O3. The average molecular weight is 391 g/mol. The van der Waals surface area contributed by atoms with Crippen LogP contribution in [0.2, 0.25) is 0 Å². The summed E-state index contributed by atoms with van der Waals surface area (Å²) in [7, 11) is 0. The summed E-state index contributed by atoms with van der Waals surface area (Å²) < 4.78 is 5.61. The van der Waals surface area contributed by atoms with Crippen molar-refractivity contribution in [2.45, 2.75) is 70.2 Å². The fourth-order valence-electron chi connectivity index (χ4n) is 7.49. The van der Waals surface area contributed by atoms with Gasteiger partial charge in [0.05, 0.1) is 18.8 Å². The summed E-state index contributed by atoms with van der Waals surface area (Å²) in [6.07, 6.45) is 6.38. The Labute approximate surface area is 172 Å². The van der Waals surface area contributed by atoms with E-state index < -0.39 is 5.60 Å². The molecule has 4 aliphatic rings. The van der Waals surface area contributed by atoms with Gasteiger partial charge in [0, 0.05) is 5.41 Å². The lowest BCUT2D eigenvalue weighted by Crippen LogP contribution is -2.49. The number of hydrogen-bond acceptors (Lipinski definition) is 3. The van der Waals surface area contributed by atoms with Crippen molar-refractivity contribution in [3.8, 4) is 5.75 Å². The van der Waals surface area contributed by atoms with E-state index in [4.69, 9.17) is 4.74 Å². The topological polar surface area (TPSA) is 49.7 Å². The van der Waals surface area contributed by atoms with Gasteiger partial charge in [-0.25, -0.2) is 0 Å². The lowest BCUT2D eigenvalue weighted by Gasteiger charge is -2.53. The van der Waals surface area contributed by atoms with Crippen molar-refractivity contribution in [2.75, 3.05) is 0 Å². The summed E-state index contributed by atoms with van der Waals surface area (Å²) in [6.45, 7) is 3.73. The number of phenols is 1. The van der Waals surface area contributed by atoms with Crippen LogP contribution >= 0.6 is 0 Å². The number of phenolic OH excluding ortho intramolecular Hbond substituents is 1. The number of ether oxygens (including phenoxy) is 1. The molecule has 3 nitrogen and oxygen atoms in total. The van der Waals surface area contributed by atoms with Gasteiger partial charge in [0.25, 0.3) is 0 Å². The molecule has 5 atom stereocenters. The van der Waals surface area contributed by atoms with Crippen LogP contribution in [-0.4, -0.2) is 10.2 Å². The predicted octanol–water partition coefficient (Wildman–Crippen LogP) is 5.17. The highest BCUT2D eigenvalue weighted by Gasteiger charge is 2.62. The number of aromatic hydroxyl groups is 1. The molecule has 3 aliphatic carbocycles. The first kappa shape index (κ1) is 18.0. The number of rotatable bonds is 1. The molecule has 1 heterocycles. The SMILES string of the molecule is C[C@]12CC[C@@H]3c4ccc(O)cc4CC[C@H]3[C@@H]1CC[C@@]2(O)c1ccc2c(c1)COC2. The minimum absolute atomic E-state index is 0.0731. The van der Waals surface area contributed by atoms with Crippen LogP contribution in [0.4, 0.5) is 0 Å². The maximum Gasteiger partial charge on any atom is 0.115 e. The second-order valence-electron chi connectivity index (χ2n) is 10.1. The molecule has 0 amide bonds. The van der Waals surface area contributed by atoms with Crippen LogP contribution < -0.4 is 0 Å². The Hall–Kier alpha value is -1.84. The van der Waals surface area contributed by atoms with Gasteiger partial charge in [0.1, 0.15) is 5.75 Å². The molecule has 2 N–H and O–H groups in total. The summed E-state index contributed by atoms with van der Waals surface area (Å²) in [6, 6.07) is 12.5. The normalized spacial score (nSPS) is 37.5. The molecule has 0 saturated heterocycles. The van der Waals surface area contributed by atoms with Crippen LogP contribution in [-0.2, 0) is 30.0 Å². The van der Waals surface area contributed by atoms with E-state index in [-0.39, 0.29) is 5.41 Å². The number of fused-ring (bicyclic) bond motifs is 6. The van der Waals surface area contributed by atoms with E-state index in [1.807, 2.05) is 12.1 Å². The van der Waals surface area contributed by atoms with Crippen molar-refractivity contribution >= 4 is 0 Å². The third kappa shape index (κ3) is 2.38. The van der Waals surface area contributed by atoms with Crippen LogP contribution in [0.25, 0.3) is 0 Å². The second kappa shape index (κ2) is 6.09. The Morgan fingerprint density at radius 2 is 1.79 bits per heavy atom. The number of benzene rings is 2. The molecule has 2 saturated carbocycles. The fourth-order valence-corrected chi connectivity index (χ4v) is 7.49. The fraction of sp³-hybridized carbons (Fsp3) is 0.538. The van der Waals surface area contributed by atoms with E-state index >= 15 is 0 Å². The van der Waals surface area contributed by atoms with E-state index in [2.05, 4.69) is 31.2 Å². The Kier molecular flexibility index (Phi) is 3.77. The van der Waals surface area contributed by atoms with Gasteiger partial charge in [-0.1, -0.05) is 31.2 Å². The quantitative estimate of drug-likeness (QED) is 0.707. The first-order valence-corrected chi connectivity index (χ1v) is 11.2. The lowest BCUT2D eigenvalue weighted by atomic mass is 9.52. The van der Waals surface area contributed by atoms with Gasteiger partial charge in [-0.05, 0) is 96.2 Å². The summed E-state index contributed by atoms with van der Waals surface area (Å²) >= 11 is 0. The molecule has 0 spiro atoms. The number of aliphatic hydroxyl groups is 1. The van der Waals surface area contributed by atoms with Crippen LogP contribution in [0.3, 0.4) is 0 Å². The summed E-state index contributed by atoms with van der Waals surface area (Å²) in [4.78, 5) is 0. The molecule has 2 fully saturated rings. The monoisotopic (exact) mass is 390 g/mol. The van der Waals surface area contributed by atoms with Crippen molar-refractivity contribution in [1.82, 2.24) is 0 Å². The summed E-state index contributed by atoms with van der Waals surface area (Å²) in [5.41, 5.74) is 5.60. The van der Waals surface area contributed by atoms with Crippen molar-refractivity contribution in [3.05, 3.63) is 64.2 Å². The van der Waals surface area contributed by atoms with E-state index in [1.54, 1.807) is 0 Å². The molecule has 152 valence electrons. The molecule has 1 aliphatic heterocycles. The van der Waals surface area contributed by atoms with Crippen molar-refractivity contribution in [2.24, 2.45) is 17.3 Å². The Bertz CT molecular complexity index is 982. The third-order valence-electron chi connectivity index (χ3n) is 9.06. The molecule has 0 radical (unpaired) electrons. The zero-order chi connectivity index (χ0) is 19.8.